The summed E-state index contributed by atoms with van der Waals surface area (Å²) in [5.74, 6) is -0.203. The highest BCUT2D eigenvalue weighted by molar-refractivity contribution is 7.99. The van der Waals surface area contributed by atoms with Crippen LogP contribution < -0.4 is 5.32 Å². The molecular formula is C17H14FN3OS. The van der Waals surface area contributed by atoms with E-state index in [9.17, 15) is 9.18 Å². The van der Waals surface area contributed by atoms with Crippen LogP contribution in [-0.2, 0) is 4.79 Å². The fourth-order valence-electron chi connectivity index (χ4n) is 2.07. The number of benzene rings is 2. The summed E-state index contributed by atoms with van der Waals surface area (Å²) in [5, 5.41) is 3.45. The molecule has 0 aliphatic carbocycles. The Morgan fingerprint density at radius 3 is 2.78 bits per heavy atom. The smallest absolute Gasteiger partial charge is 0.234 e. The summed E-state index contributed by atoms with van der Waals surface area (Å²) in [6.45, 7) is 0. The van der Waals surface area contributed by atoms with Crippen molar-refractivity contribution in [3.05, 3.63) is 72.8 Å². The van der Waals surface area contributed by atoms with Crippen molar-refractivity contribution < 1.29 is 9.18 Å². The predicted octanol–water partition coefficient (Wildman–Crippen LogP) is 3.74. The Hall–Kier alpha value is -2.60. The van der Waals surface area contributed by atoms with Crippen molar-refractivity contribution in [1.29, 1.82) is 0 Å². The first-order valence-corrected chi connectivity index (χ1v) is 7.98. The third kappa shape index (κ3) is 3.98. The lowest BCUT2D eigenvalue weighted by molar-refractivity contribution is -0.113. The molecule has 4 nitrogen and oxygen atoms in total. The van der Waals surface area contributed by atoms with Crippen molar-refractivity contribution in [1.82, 2.24) is 9.55 Å². The number of nitrogens with one attached hydrogen (secondary N) is 1. The van der Waals surface area contributed by atoms with E-state index in [1.165, 1.54) is 23.9 Å². The van der Waals surface area contributed by atoms with Crippen LogP contribution in [0.15, 0.2) is 72.1 Å². The minimum absolute atomic E-state index is 0.116. The van der Waals surface area contributed by atoms with E-state index in [-0.39, 0.29) is 17.5 Å². The SMILES string of the molecule is O=C(CSc1nccn1-c1cccc(F)c1)Nc1ccccc1. The van der Waals surface area contributed by atoms with Crippen molar-refractivity contribution in [2.24, 2.45) is 0 Å². The van der Waals surface area contributed by atoms with Gasteiger partial charge in [-0.05, 0) is 30.3 Å². The first kappa shape index (κ1) is 15.3. The largest absolute Gasteiger partial charge is 0.325 e. The maximum Gasteiger partial charge on any atom is 0.234 e. The van der Waals surface area contributed by atoms with Crippen molar-refractivity contribution in [2.75, 3.05) is 11.1 Å². The van der Waals surface area contributed by atoms with Crippen LogP contribution >= 0.6 is 11.8 Å². The van der Waals surface area contributed by atoms with Crippen molar-refractivity contribution in [3.63, 3.8) is 0 Å². The number of aromatic nitrogens is 2. The number of carbonyl (C=O) groups excluding carboxylic acids is 1. The summed E-state index contributed by atoms with van der Waals surface area (Å²) < 4.78 is 15.1. The third-order valence-corrected chi connectivity index (χ3v) is 4.05. The lowest BCUT2D eigenvalue weighted by Gasteiger charge is -2.08. The van der Waals surface area contributed by atoms with Gasteiger partial charge in [-0.3, -0.25) is 9.36 Å². The zero-order valence-electron chi connectivity index (χ0n) is 12.1. The Morgan fingerprint density at radius 2 is 2.00 bits per heavy atom. The molecule has 1 amide bonds. The topological polar surface area (TPSA) is 46.9 Å². The molecule has 1 aromatic heterocycles. The van der Waals surface area contributed by atoms with E-state index in [4.69, 9.17) is 0 Å². The first-order chi connectivity index (χ1) is 11.2. The molecule has 116 valence electrons. The lowest BCUT2D eigenvalue weighted by atomic mass is 10.3. The average Bonchev–Trinajstić information content (AvgIpc) is 3.02. The number of anilines is 1. The van der Waals surface area contributed by atoms with E-state index < -0.39 is 0 Å². The van der Waals surface area contributed by atoms with Gasteiger partial charge in [0.2, 0.25) is 5.91 Å². The van der Waals surface area contributed by atoms with Gasteiger partial charge in [-0.25, -0.2) is 9.37 Å². The fourth-order valence-corrected chi connectivity index (χ4v) is 2.84. The number of imidazole rings is 1. The minimum Gasteiger partial charge on any atom is -0.325 e. The summed E-state index contributed by atoms with van der Waals surface area (Å²) in [6, 6.07) is 15.5. The standard InChI is InChI=1S/C17H14FN3OS/c18-13-5-4-8-15(11-13)21-10-9-19-17(21)23-12-16(22)20-14-6-2-1-3-7-14/h1-11H,12H2,(H,20,22). The van der Waals surface area contributed by atoms with Crippen LogP contribution in [0.1, 0.15) is 0 Å². The fraction of sp³-hybridized carbons (Fsp3) is 0.0588. The van der Waals surface area contributed by atoms with Gasteiger partial charge in [0.1, 0.15) is 5.82 Å². The zero-order valence-corrected chi connectivity index (χ0v) is 13.0. The number of nitrogens with zero attached hydrogens (tertiary/aromatic N) is 2. The summed E-state index contributed by atoms with van der Waals surface area (Å²) >= 11 is 1.30. The molecule has 0 unspecified atom stereocenters. The van der Waals surface area contributed by atoms with E-state index >= 15 is 0 Å². The number of hydrogen-bond donors (Lipinski definition) is 1. The molecule has 3 rings (SSSR count). The van der Waals surface area contributed by atoms with Crippen LogP contribution in [0.3, 0.4) is 0 Å². The molecule has 0 aliphatic heterocycles. The van der Waals surface area contributed by atoms with Gasteiger partial charge in [0, 0.05) is 18.1 Å². The molecule has 0 saturated carbocycles. The molecule has 0 spiro atoms. The van der Waals surface area contributed by atoms with Gasteiger partial charge in [0.15, 0.2) is 5.16 Å². The molecule has 0 bridgehead atoms. The highest BCUT2D eigenvalue weighted by atomic mass is 32.2. The molecule has 0 radical (unpaired) electrons. The number of thioether (sulfide) groups is 1. The van der Waals surface area contributed by atoms with E-state index in [1.54, 1.807) is 29.1 Å². The molecule has 0 aliphatic rings. The molecule has 23 heavy (non-hydrogen) atoms. The Bertz CT molecular complexity index is 804. The molecule has 0 atom stereocenters. The van der Waals surface area contributed by atoms with Gasteiger partial charge in [-0.1, -0.05) is 36.0 Å². The normalized spacial score (nSPS) is 10.5. The van der Waals surface area contributed by atoms with Crippen LogP contribution in [0.5, 0.6) is 0 Å². The molecule has 2 aromatic carbocycles. The minimum atomic E-state index is -0.311. The monoisotopic (exact) mass is 327 g/mol. The van der Waals surface area contributed by atoms with E-state index in [0.29, 0.717) is 10.8 Å². The van der Waals surface area contributed by atoms with Crippen LogP contribution in [-0.4, -0.2) is 21.2 Å². The van der Waals surface area contributed by atoms with Crippen LogP contribution in [0.25, 0.3) is 5.69 Å². The molecule has 3 aromatic rings. The number of rotatable bonds is 5. The maximum atomic E-state index is 13.3. The Morgan fingerprint density at radius 1 is 1.17 bits per heavy atom. The molecule has 6 heteroatoms. The van der Waals surface area contributed by atoms with Crippen LogP contribution in [0.2, 0.25) is 0 Å². The summed E-state index contributed by atoms with van der Waals surface area (Å²) in [6.07, 6.45) is 3.37. The second kappa shape index (κ2) is 7.11. The van der Waals surface area contributed by atoms with E-state index in [2.05, 4.69) is 10.3 Å². The van der Waals surface area contributed by atoms with Crippen LogP contribution in [0.4, 0.5) is 10.1 Å². The van der Waals surface area contributed by atoms with Gasteiger partial charge in [0.05, 0.1) is 11.4 Å². The predicted molar refractivity (Wildman–Crippen MR) is 89.3 cm³/mol. The average molecular weight is 327 g/mol. The van der Waals surface area contributed by atoms with E-state index in [0.717, 1.165) is 5.69 Å². The highest BCUT2D eigenvalue weighted by Crippen LogP contribution is 2.21. The van der Waals surface area contributed by atoms with Crippen molar-refractivity contribution in [3.8, 4) is 5.69 Å². The highest BCUT2D eigenvalue weighted by Gasteiger charge is 2.09. The summed E-state index contributed by atoms with van der Waals surface area (Å²) in [7, 11) is 0. The van der Waals surface area contributed by atoms with Crippen molar-refractivity contribution in [2.45, 2.75) is 5.16 Å². The van der Waals surface area contributed by atoms with Gasteiger partial charge in [-0.15, -0.1) is 0 Å². The number of para-hydroxylation sites is 1. The quantitative estimate of drug-likeness (QED) is 0.726. The van der Waals surface area contributed by atoms with Gasteiger partial charge >= 0.3 is 0 Å². The molecule has 0 saturated heterocycles. The molecule has 1 N–H and O–H groups in total. The maximum absolute atomic E-state index is 13.3. The lowest BCUT2D eigenvalue weighted by Crippen LogP contribution is -2.14. The van der Waals surface area contributed by atoms with Crippen LogP contribution in [0, 0.1) is 5.82 Å². The molecule has 1 heterocycles. The van der Waals surface area contributed by atoms with Gasteiger partial charge < -0.3 is 5.32 Å². The summed E-state index contributed by atoms with van der Waals surface area (Å²) in [4.78, 5) is 16.2. The number of halogens is 1. The summed E-state index contributed by atoms with van der Waals surface area (Å²) in [5.41, 5.74) is 1.43. The van der Waals surface area contributed by atoms with E-state index in [1.807, 2.05) is 30.3 Å². The Labute approximate surface area is 137 Å². The second-order valence-corrected chi connectivity index (χ2v) is 5.71. The zero-order chi connectivity index (χ0) is 16.1. The van der Waals surface area contributed by atoms with Gasteiger partial charge in [0.25, 0.3) is 0 Å². The Kier molecular flexibility index (Phi) is 4.73. The molecule has 0 fully saturated rings. The number of amides is 1. The number of hydrogen-bond acceptors (Lipinski definition) is 3. The second-order valence-electron chi connectivity index (χ2n) is 4.76. The number of carbonyl (C=O) groups is 1. The Balaban J connectivity index is 1.65. The van der Waals surface area contributed by atoms with Gasteiger partial charge in [-0.2, -0.15) is 0 Å². The first-order valence-electron chi connectivity index (χ1n) is 6.99. The molecular weight excluding hydrogens is 313 g/mol. The van der Waals surface area contributed by atoms with Crippen molar-refractivity contribution >= 4 is 23.4 Å². The third-order valence-electron chi connectivity index (χ3n) is 3.08.